The molecule has 0 bridgehead atoms. The summed E-state index contributed by atoms with van der Waals surface area (Å²) < 4.78 is 33.2. The second-order valence-electron chi connectivity index (χ2n) is 5.36. The predicted molar refractivity (Wildman–Crippen MR) is 78.3 cm³/mol. The van der Waals surface area contributed by atoms with Crippen molar-refractivity contribution in [3.8, 4) is 5.75 Å². The standard InChI is InChI=1S/C14H22N2O3S/c1-4-10(3)16-20(17,18)13-8-9(2)7-11-12(15)5-6-19-14(11)13/h7-8,10,12,16H,4-6,15H2,1-3H3. The number of benzene rings is 1. The SMILES string of the molecule is CCC(C)NS(=O)(=O)c1cc(C)cc2c1OCCC2N. The molecule has 0 aromatic heterocycles. The summed E-state index contributed by atoms with van der Waals surface area (Å²) in [4.78, 5) is 0.197. The van der Waals surface area contributed by atoms with Crippen LogP contribution in [0.2, 0.25) is 0 Å². The van der Waals surface area contributed by atoms with Crippen LogP contribution in [0.15, 0.2) is 17.0 Å². The Labute approximate surface area is 120 Å². The third kappa shape index (κ3) is 2.97. The number of rotatable bonds is 4. The number of nitrogens with one attached hydrogen (secondary N) is 1. The summed E-state index contributed by atoms with van der Waals surface area (Å²) in [5.41, 5.74) is 7.71. The van der Waals surface area contributed by atoms with Crippen LogP contribution in [0.25, 0.3) is 0 Å². The van der Waals surface area contributed by atoms with Crippen molar-refractivity contribution in [1.82, 2.24) is 4.72 Å². The first kappa shape index (κ1) is 15.3. The van der Waals surface area contributed by atoms with Gasteiger partial charge in [-0.1, -0.05) is 13.0 Å². The van der Waals surface area contributed by atoms with Crippen LogP contribution in [0.1, 0.15) is 43.9 Å². The van der Waals surface area contributed by atoms with Gasteiger partial charge >= 0.3 is 0 Å². The van der Waals surface area contributed by atoms with Gasteiger partial charge in [-0.3, -0.25) is 0 Å². The Balaban J connectivity index is 2.52. The first-order valence-electron chi connectivity index (χ1n) is 6.90. The number of hydrogen-bond donors (Lipinski definition) is 2. The van der Waals surface area contributed by atoms with Gasteiger partial charge in [-0.05, 0) is 31.9 Å². The smallest absolute Gasteiger partial charge is 0.244 e. The second-order valence-corrected chi connectivity index (χ2v) is 7.04. The molecular weight excluding hydrogens is 276 g/mol. The lowest BCUT2D eigenvalue weighted by Gasteiger charge is -2.26. The van der Waals surface area contributed by atoms with Crippen molar-refractivity contribution < 1.29 is 13.2 Å². The third-order valence-electron chi connectivity index (χ3n) is 3.56. The highest BCUT2D eigenvalue weighted by molar-refractivity contribution is 7.89. The summed E-state index contributed by atoms with van der Waals surface area (Å²) in [5, 5.41) is 0. The van der Waals surface area contributed by atoms with Crippen molar-refractivity contribution in [1.29, 1.82) is 0 Å². The van der Waals surface area contributed by atoms with E-state index < -0.39 is 10.0 Å². The van der Waals surface area contributed by atoms with Crippen LogP contribution >= 0.6 is 0 Å². The molecule has 0 saturated heterocycles. The van der Waals surface area contributed by atoms with E-state index in [1.807, 2.05) is 26.8 Å². The minimum absolute atomic E-state index is 0.117. The average Bonchev–Trinajstić information content (AvgIpc) is 2.38. The predicted octanol–water partition coefficient (Wildman–Crippen LogP) is 1.85. The van der Waals surface area contributed by atoms with E-state index in [4.69, 9.17) is 10.5 Å². The van der Waals surface area contributed by atoms with E-state index in [1.165, 1.54) is 0 Å². The fourth-order valence-corrected chi connectivity index (χ4v) is 3.84. The molecular formula is C14H22N2O3S. The molecule has 20 heavy (non-hydrogen) atoms. The molecule has 3 N–H and O–H groups in total. The molecule has 0 radical (unpaired) electrons. The maximum Gasteiger partial charge on any atom is 0.244 e. The molecule has 6 heteroatoms. The van der Waals surface area contributed by atoms with Crippen molar-refractivity contribution >= 4 is 10.0 Å². The molecule has 1 heterocycles. The van der Waals surface area contributed by atoms with Gasteiger partial charge in [-0.2, -0.15) is 0 Å². The van der Waals surface area contributed by atoms with E-state index in [-0.39, 0.29) is 17.0 Å². The fourth-order valence-electron chi connectivity index (χ4n) is 2.25. The Morgan fingerprint density at radius 2 is 2.20 bits per heavy atom. The average molecular weight is 298 g/mol. The van der Waals surface area contributed by atoms with Crippen molar-refractivity contribution in [3.05, 3.63) is 23.3 Å². The van der Waals surface area contributed by atoms with E-state index in [1.54, 1.807) is 6.07 Å². The highest BCUT2D eigenvalue weighted by Crippen LogP contribution is 2.37. The summed E-state index contributed by atoms with van der Waals surface area (Å²) in [6.07, 6.45) is 1.43. The Hall–Kier alpha value is -1.11. The van der Waals surface area contributed by atoms with Gasteiger partial charge < -0.3 is 10.5 Å². The first-order chi connectivity index (χ1) is 9.35. The van der Waals surface area contributed by atoms with Crippen LogP contribution in [0.5, 0.6) is 5.75 Å². The number of ether oxygens (including phenoxy) is 1. The fraction of sp³-hybridized carbons (Fsp3) is 0.571. The van der Waals surface area contributed by atoms with Gasteiger partial charge in [0.05, 0.1) is 6.61 Å². The van der Waals surface area contributed by atoms with Crippen LogP contribution in [0.4, 0.5) is 0 Å². The lowest BCUT2D eigenvalue weighted by atomic mass is 9.99. The first-order valence-corrected chi connectivity index (χ1v) is 8.38. The van der Waals surface area contributed by atoms with Gasteiger partial charge in [-0.15, -0.1) is 0 Å². The Kier molecular flexibility index (Phi) is 4.36. The molecule has 112 valence electrons. The van der Waals surface area contributed by atoms with Gasteiger partial charge in [0.1, 0.15) is 10.6 Å². The highest BCUT2D eigenvalue weighted by Gasteiger charge is 2.28. The monoisotopic (exact) mass is 298 g/mol. The van der Waals surface area contributed by atoms with Gasteiger partial charge in [0.15, 0.2) is 0 Å². The molecule has 0 amide bonds. The molecule has 0 saturated carbocycles. The second kappa shape index (κ2) is 5.71. The van der Waals surface area contributed by atoms with Gasteiger partial charge in [0.2, 0.25) is 10.0 Å². The summed E-state index contributed by atoms with van der Waals surface area (Å²) >= 11 is 0. The minimum Gasteiger partial charge on any atom is -0.492 e. The van der Waals surface area contributed by atoms with E-state index in [0.717, 1.165) is 17.5 Å². The highest BCUT2D eigenvalue weighted by atomic mass is 32.2. The molecule has 0 aliphatic carbocycles. The van der Waals surface area contributed by atoms with Crippen molar-refractivity contribution in [2.45, 2.75) is 50.6 Å². The zero-order valence-corrected chi connectivity index (χ0v) is 13.0. The molecule has 1 aliphatic rings. The molecule has 2 atom stereocenters. The van der Waals surface area contributed by atoms with Gasteiger partial charge in [0.25, 0.3) is 0 Å². The number of hydrogen-bond acceptors (Lipinski definition) is 4. The molecule has 1 aromatic rings. The third-order valence-corrected chi connectivity index (χ3v) is 5.16. The van der Waals surface area contributed by atoms with E-state index in [9.17, 15) is 8.42 Å². The molecule has 0 spiro atoms. The van der Waals surface area contributed by atoms with Crippen molar-refractivity contribution in [3.63, 3.8) is 0 Å². The summed E-state index contributed by atoms with van der Waals surface area (Å²) in [6, 6.07) is 3.26. The Morgan fingerprint density at radius 3 is 2.85 bits per heavy atom. The maximum atomic E-state index is 12.5. The molecule has 2 unspecified atom stereocenters. The quantitative estimate of drug-likeness (QED) is 0.889. The number of sulfonamides is 1. The topological polar surface area (TPSA) is 81.4 Å². The van der Waals surface area contributed by atoms with Gasteiger partial charge in [0, 0.05) is 24.1 Å². The normalized spacial score (nSPS) is 20.1. The van der Waals surface area contributed by atoms with Crippen molar-refractivity contribution in [2.75, 3.05) is 6.61 Å². The Bertz CT molecular complexity index is 599. The van der Waals surface area contributed by atoms with Crippen molar-refractivity contribution in [2.24, 2.45) is 5.73 Å². The molecule has 5 nitrogen and oxygen atoms in total. The van der Waals surface area contributed by atoms with E-state index in [2.05, 4.69) is 4.72 Å². The van der Waals surface area contributed by atoms with Crippen LogP contribution in [0.3, 0.4) is 0 Å². The number of fused-ring (bicyclic) bond motifs is 1. The van der Waals surface area contributed by atoms with Gasteiger partial charge in [-0.25, -0.2) is 13.1 Å². The summed E-state index contributed by atoms with van der Waals surface area (Å²) in [5.74, 6) is 0.408. The zero-order chi connectivity index (χ0) is 14.9. The van der Waals surface area contributed by atoms with E-state index >= 15 is 0 Å². The summed E-state index contributed by atoms with van der Waals surface area (Å²) in [7, 11) is -3.59. The zero-order valence-electron chi connectivity index (χ0n) is 12.1. The Morgan fingerprint density at radius 1 is 1.50 bits per heavy atom. The van der Waals surface area contributed by atoms with E-state index in [0.29, 0.717) is 18.8 Å². The van der Waals surface area contributed by atoms with Crippen LogP contribution in [-0.4, -0.2) is 21.1 Å². The number of aryl methyl sites for hydroxylation is 1. The molecule has 1 aromatic carbocycles. The van der Waals surface area contributed by atoms with Crippen LogP contribution in [-0.2, 0) is 10.0 Å². The maximum absolute atomic E-state index is 12.5. The molecule has 2 rings (SSSR count). The summed E-state index contributed by atoms with van der Waals surface area (Å²) in [6.45, 7) is 6.09. The lowest BCUT2D eigenvalue weighted by Crippen LogP contribution is -2.33. The van der Waals surface area contributed by atoms with Crippen LogP contribution in [0, 0.1) is 6.92 Å². The molecule has 0 fully saturated rings. The number of nitrogens with two attached hydrogens (primary N) is 1. The van der Waals surface area contributed by atoms with Crippen LogP contribution < -0.4 is 15.2 Å². The minimum atomic E-state index is -3.59. The molecule has 1 aliphatic heterocycles. The largest absolute Gasteiger partial charge is 0.492 e. The lowest BCUT2D eigenvalue weighted by molar-refractivity contribution is 0.261.